The van der Waals surface area contributed by atoms with Crippen molar-refractivity contribution >= 4 is 28.4 Å². The molecule has 8 heteroatoms. The Kier molecular flexibility index (Phi) is 5.32. The van der Waals surface area contributed by atoms with Gasteiger partial charge in [-0.1, -0.05) is 11.6 Å². The largest absolute Gasteiger partial charge is 0.346 e. The molecule has 0 aliphatic rings. The molecule has 142 valence electrons. The molecule has 0 saturated carbocycles. The molecule has 2 aromatic heterocycles. The van der Waals surface area contributed by atoms with Crippen LogP contribution in [-0.4, -0.2) is 25.5 Å². The second-order valence-corrected chi connectivity index (χ2v) is 6.74. The van der Waals surface area contributed by atoms with E-state index in [9.17, 15) is 9.59 Å². The molecule has 0 saturated heterocycles. The number of aryl methyl sites for hydroxylation is 3. The Bertz CT molecular complexity index is 1080. The van der Waals surface area contributed by atoms with Crippen molar-refractivity contribution in [2.45, 2.75) is 47.3 Å². The molecule has 0 spiro atoms. The molecule has 1 aromatic carbocycles. The molecule has 0 aliphatic carbocycles. The average Bonchev–Trinajstić information content (AvgIpc) is 2.93. The summed E-state index contributed by atoms with van der Waals surface area (Å²) in [5, 5.41) is 12.3. The average molecular weight is 388 g/mol. The van der Waals surface area contributed by atoms with Crippen molar-refractivity contribution in [3.8, 4) is 0 Å². The Morgan fingerprint density at radius 3 is 2.48 bits per heavy atom. The molecule has 2 heterocycles. The van der Waals surface area contributed by atoms with E-state index in [4.69, 9.17) is 11.6 Å². The van der Waals surface area contributed by atoms with Crippen LogP contribution in [-0.2, 0) is 19.6 Å². The van der Waals surface area contributed by atoms with Crippen LogP contribution in [0.4, 0.5) is 0 Å². The van der Waals surface area contributed by atoms with Gasteiger partial charge in [-0.3, -0.25) is 19.0 Å². The predicted octanol–water partition coefficient (Wildman–Crippen LogP) is 2.83. The molecule has 7 nitrogen and oxygen atoms in total. The van der Waals surface area contributed by atoms with Crippen LogP contribution in [0.25, 0.3) is 10.9 Å². The van der Waals surface area contributed by atoms with Gasteiger partial charge in [0.1, 0.15) is 0 Å². The van der Waals surface area contributed by atoms with Crippen LogP contribution < -0.4 is 10.7 Å². The monoisotopic (exact) mass is 387 g/mol. The Labute approximate surface area is 161 Å². The summed E-state index contributed by atoms with van der Waals surface area (Å²) in [7, 11) is 0. The van der Waals surface area contributed by atoms with Crippen LogP contribution in [0.15, 0.2) is 23.0 Å². The number of hydrogen-bond acceptors (Lipinski definition) is 4. The van der Waals surface area contributed by atoms with Crippen molar-refractivity contribution < 1.29 is 4.79 Å². The van der Waals surface area contributed by atoms with Crippen LogP contribution >= 0.6 is 11.6 Å². The highest BCUT2D eigenvalue weighted by atomic mass is 35.5. The van der Waals surface area contributed by atoms with Gasteiger partial charge in [-0.05, 0) is 45.9 Å². The summed E-state index contributed by atoms with van der Waals surface area (Å²) >= 11 is 6.03. The lowest BCUT2D eigenvalue weighted by Gasteiger charge is -2.11. The minimum atomic E-state index is -0.507. The molecule has 0 bridgehead atoms. The number of fused-ring (bicyclic) bond motifs is 1. The molecule has 0 atom stereocenters. The molecule has 1 N–H and O–H groups in total. The summed E-state index contributed by atoms with van der Waals surface area (Å²) in [5.41, 5.74) is 2.90. The van der Waals surface area contributed by atoms with Gasteiger partial charge in [0.25, 0.3) is 5.91 Å². The topological polar surface area (TPSA) is 81.8 Å². The zero-order valence-electron chi connectivity index (χ0n) is 15.8. The zero-order chi connectivity index (χ0) is 19.7. The minimum absolute atomic E-state index is 0.134. The summed E-state index contributed by atoms with van der Waals surface area (Å²) in [6.07, 6.45) is 0. The van der Waals surface area contributed by atoms with Crippen molar-refractivity contribution in [1.82, 2.24) is 24.9 Å². The second kappa shape index (κ2) is 7.52. The van der Waals surface area contributed by atoms with Crippen LogP contribution in [0.3, 0.4) is 0 Å². The van der Waals surface area contributed by atoms with Gasteiger partial charge in [0.05, 0.1) is 16.6 Å². The Balaban J connectivity index is 1.95. The zero-order valence-corrected chi connectivity index (χ0v) is 16.6. The molecule has 1 amide bonds. The lowest BCUT2D eigenvalue weighted by molar-refractivity contribution is 0.0942. The maximum Gasteiger partial charge on any atom is 0.276 e. The number of carbonyl (C=O) groups is 1. The third-order valence-corrected chi connectivity index (χ3v) is 4.92. The first-order valence-corrected chi connectivity index (χ1v) is 9.26. The van der Waals surface area contributed by atoms with Gasteiger partial charge >= 0.3 is 0 Å². The third kappa shape index (κ3) is 3.47. The number of amides is 1. The third-order valence-electron chi connectivity index (χ3n) is 4.69. The first kappa shape index (κ1) is 19.1. The molecule has 3 aromatic rings. The maximum absolute atomic E-state index is 12.8. The number of nitrogens with one attached hydrogen (secondary N) is 1. The van der Waals surface area contributed by atoms with Crippen LogP contribution in [0.5, 0.6) is 0 Å². The van der Waals surface area contributed by atoms with Crippen molar-refractivity contribution in [3.05, 3.63) is 56.1 Å². The molecule has 3 rings (SSSR count). The number of benzene rings is 1. The Morgan fingerprint density at radius 1 is 1.15 bits per heavy atom. The molecule has 0 unspecified atom stereocenters. The SMILES string of the molecule is CCn1nc(C)c(CNC(=O)c2nn(CC)c3ccc(Cl)cc3c2=O)c1C. The maximum atomic E-state index is 12.8. The van der Waals surface area contributed by atoms with E-state index in [1.807, 2.05) is 32.4 Å². The van der Waals surface area contributed by atoms with E-state index in [1.54, 1.807) is 22.9 Å². The molecule has 0 aliphatic heterocycles. The smallest absolute Gasteiger partial charge is 0.276 e. The van der Waals surface area contributed by atoms with E-state index in [1.165, 1.54) is 0 Å². The van der Waals surface area contributed by atoms with E-state index < -0.39 is 11.3 Å². The van der Waals surface area contributed by atoms with Gasteiger partial charge in [-0.2, -0.15) is 10.2 Å². The van der Waals surface area contributed by atoms with Gasteiger partial charge in [-0.25, -0.2) is 0 Å². The van der Waals surface area contributed by atoms with Crippen LogP contribution in [0.1, 0.15) is 41.3 Å². The molecule has 0 fully saturated rings. The van der Waals surface area contributed by atoms with Gasteiger partial charge in [-0.15, -0.1) is 0 Å². The van der Waals surface area contributed by atoms with Gasteiger partial charge in [0.15, 0.2) is 5.69 Å². The van der Waals surface area contributed by atoms with Crippen molar-refractivity contribution in [2.24, 2.45) is 0 Å². The van der Waals surface area contributed by atoms with E-state index in [0.717, 1.165) is 23.5 Å². The van der Waals surface area contributed by atoms with Gasteiger partial charge in [0.2, 0.25) is 5.43 Å². The van der Waals surface area contributed by atoms with E-state index in [2.05, 4.69) is 15.5 Å². The highest BCUT2D eigenvalue weighted by Crippen LogP contribution is 2.17. The van der Waals surface area contributed by atoms with E-state index in [0.29, 0.717) is 22.5 Å². The summed E-state index contributed by atoms with van der Waals surface area (Å²) in [5.74, 6) is -0.507. The Morgan fingerprint density at radius 2 is 1.85 bits per heavy atom. The fourth-order valence-electron chi connectivity index (χ4n) is 3.20. The number of halogens is 1. The van der Waals surface area contributed by atoms with Gasteiger partial charge in [0, 0.05) is 35.9 Å². The van der Waals surface area contributed by atoms with Crippen molar-refractivity contribution in [1.29, 1.82) is 0 Å². The fourth-order valence-corrected chi connectivity index (χ4v) is 3.37. The fraction of sp³-hybridized carbons (Fsp3) is 0.368. The molecular weight excluding hydrogens is 366 g/mol. The Hall–Kier alpha value is -2.67. The first-order valence-electron chi connectivity index (χ1n) is 8.88. The summed E-state index contributed by atoms with van der Waals surface area (Å²) in [6.45, 7) is 9.36. The first-order chi connectivity index (χ1) is 12.9. The summed E-state index contributed by atoms with van der Waals surface area (Å²) in [4.78, 5) is 25.5. The lowest BCUT2D eigenvalue weighted by atomic mass is 10.1. The van der Waals surface area contributed by atoms with Crippen molar-refractivity contribution in [2.75, 3.05) is 0 Å². The number of hydrogen-bond donors (Lipinski definition) is 1. The second-order valence-electron chi connectivity index (χ2n) is 6.30. The molecule has 0 radical (unpaired) electrons. The lowest BCUT2D eigenvalue weighted by Crippen LogP contribution is -2.32. The van der Waals surface area contributed by atoms with Crippen molar-refractivity contribution in [3.63, 3.8) is 0 Å². The number of carbonyl (C=O) groups excluding carboxylic acids is 1. The number of nitrogens with zero attached hydrogens (tertiary/aromatic N) is 4. The number of aromatic nitrogens is 4. The normalized spacial score (nSPS) is 11.1. The van der Waals surface area contributed by atoms with Gasteiger partial charge < -0.3 is 5.32 Å². The van der Waals surface area contributed by atoms with Crippen LogP contribution in [0.2, 0.25) is 5.02 Å². The highest BCUT2D eigenvalue weighted by molar-refractivity contribution is 6.31. The highest BCUT2D eigenvalue weighted by Gasteiger charge is 2.19. The quantitative estimate of drug-likeness (QED) is 0.729. The van der Waals surface area contributed by atoms with E-state index in [-0.39, 0.29) is 12.2 Å². The summed E-state index contributed by atoms with van der Waals surface area (Å²) in [6, 6.07) is 5.01. The predicted molar refractivity (Wildman–Crippen MR) is 105 cm³/mol. The minimum Gasteiger partial charge on any atom is -0.346 e. The summed E-state index contributed by atoms with van der Waals surface area (Å²) < 4.78 is 3.52. The standard InChI is InChI=1S/C19H22ClN5O2/c1-5-24-12(4)15(11(3)22-24)10-21-19(27)17-18(26)14-9-13(20)7-8-16(14)25(6-2)23-17/h7-9H,5-6,10H2,1-4H3,(H,21,27). The molecule has 27 heavy (non-hydrogen) atoms. The van der Waals surface area contributed by atoms with E-state index >= 15 is 0 Å². The number of rotatable bonds is 5. The molecular formula is C19H22ClN5O2. The van der Waals surface area contributed by atoms with Crippen LogP contribution in [0, 0.1) is 13.8 Å².